The van der Waals surface area contributed by atoms with Gasteiger partial charge in [-0.1, -0.05) is 11.6 Å². The van der Waals surface area contributed by atoms with Crippen LogP contribution in [-0.2, 0) is 6.54 Å². The van der Waals surface area contributed by atoms with Gasteiger partial charge in [-0.25, -0.2) is 0 Å². The molecule has 2 saturated heterocycles. The maximum absolute atomic E-state index is 5.96. The summed E-state index contributed by atoms with van der Waals surface area (Å²) in [5.41, 5.74) is 0. The van der Waals surface area contributed by atoms with Gasteiger partial charge >= 0.3 is 0 Å². The van der Waals surface area contributed by atoms with E-state index in [0.717, 1.165) is 22.8 Å². The lowest BCUT2D eigenvalue weighted by Crippen LogP contribution is -2.40. The summed E-state index contributed by atoms with van der Waals surface area (Å²) in [6.45, 7) is 4.75. The Labute approximate surface area is 106 Å². The molecule has 1 N–H and O–H groups in total. The molecule has 3 rings (SSSR count). The number of nitrogens with zero attached hydrogens (tertiary/aromatic N) is 1. The third-order valence-corrected chi connectivity index (χ3v) is 4.90. The second-order valence-electron chi connectivity index (χ2n) is 4.86. The highest BCUT2D eigenvalue weighted by Gasteiger charge is 2.33. The molecule has 2 nitrogen and oxygen atoms in total. The second-order valence-corrected chi connectivity index (χ2v) is 6.66. The molecule has 0 unspecified atom stereocenters. The number of hydrogen-bond acceptors (Lipinski definition) is 3. The summed E-state index contributed by atoms with van der Waals surface area (Å²) in [5, 5.41) is 3.64. The van der Waals surface area contributed by atoms with Crippen molar-refractivity contribution in [3.05, 3.63) is 21.3 Å². The number of hydrogen-bond donors (Lipinski definition) is 1. The Balaban J connectivity index is 1.61. The number of likely N-dealkylation sites (tertiary alicyclic amines) is 1. The number of piperidine rings is 1. The van der Waals surface area contributed by atoms with Crippen LogP contribution in [0.4, 0.5) is 0 Å². The van der Waals surface area contributed by atoms with Gasteiger partial charge in [0.1, 0.15) is 0 Å². The molecule has 1 aromatic heterocycles. The molecule has 88 valence electrons. The molecule has 0 radical (unpaired) electrons. The first-order chi connectivity index (χ1) is 7.81. The van der Waals surface area contributed by atoms with Crippen molar-refractivity contribution in [1.29, 1.82) is 0 Å². The fraction of sp³-hybridized carbons (Fsp3) is 0.667. The van der Waals surface area contributed by atoms with Crippen molar-refractivity contribution in [1.82, 2.24) is 10.2 Å². The van der Waals surface area contributed by atoms with Crippen molar-refractivity contribution < 1.29 is 0 Å². The van der Waals surface area contributed by atoms with E-state index in [2.05, 4.69) is 16.3 Å². The average Bonchev–Trinajstić information content (AvgIpc) is 2.84. The van der Waals surface area contributed by atoms with Gasteiger partial charge in [0, 0.05) is 30.6 Å². The Morgan fingerprint density at radius 2 is 2.38 bits per heavy atom. The van der Waals surface area contributed by atoms with Crippen LogP contribution >= 0.6 is 22.9 Å². The molecule has 1 aromatic rings. The molecule has 4 heteroatoms. The Bertz CT molecular complexity index is 352. The zero-order valence-electron chi connectivity index (χ0n) is 9.29. The minimum atomic E-state index is 0.740. The minimum absolute atomic E-state index is 0.740. The first kappa shape index (κ1) is 11.0. The van der Waals surface area contributed by atoms with Crippen LogP contribution in [0.2, 0.25) is 4.34 Å². The molecule has 2 aliphatic heterocycles. The lowest BCUT2D eigenvalue weighted by Gasteiger charge is -2.24. The van der Waals surface area contributed by atoms with Gasteiger partial charge in [-0.05, 0) is 37.4 Å². The molecule has 0 spiro atoms. The van der Waals surface area contributed by atoms with Crippen molar-refractivity contribution in [2.45, 2.75) is 25.4 Å². The molecule has 2 atom stereocenters. The summed E-state index contributed by atoms with van der Waals surface area (Å²) in [7, 11) is 0. The maximum atomic E-state index is 5.96. The second kappa shape index (κ2) is 4.65. The predicted octanol–water partition coefficient (Wildman–Crippen LogP) is 2.59. The number of fused-ring (bicyclic) bond motifs is 1. The Kier molecular flexibility index (Phi) is 3.20. The number of halogens is 1. The predicted molar refractivity (Wildman–Crippen MR) is 69.1 cm³/mol. The molecule has 0 aromatic carbocycles. The average molecular weight is 257 g/mol. The van der Waals surface area contributed by atoms with Crippen LogP contribution in [0.1, 0.15) is 17.7 Å². The lowest BCUT2D eigenvalue weighted by molar-refractivity contribution is 0.315. The highest BCUT2D eigenvalue weighted by Crippen LogP contribution is 2.28. The molecular weight excluding hydrogens is 240 g/mol. The third kappa shape index (κ3) is 2.28. The van der Waals surface area contributed by atoms with E-state index in [0.29, 0.717) is 0 Å². The largest absolute Gasteiger partial charge is 0.312 e. The maximum Gasteiger partial charge on any atom is 0.0931 e. The van der Waals surface area contributed by atoms with Gasteiger partial charge in [-0.3, -0.25) is 4.90 Å². The zero-order valence-corrected chi connectivity index (χ0v) is 10.9. The highest BCUT2D eigenvalue weighted by molar-refractivity contribution is 7.16. The summed E-state index contributed by atoms with van der Waals surface area (Å²) in [5.74, 6) is 0.879. The molecule has 3 heterocycles. The van der Waals surface area contributed by atoms with Crippen LogP contribution in [0.3, 0.4) is 0 Å². The molecule has 2 fully saturated rings. The van der Waals surface area contributed by atoms with Crippen molar-refractivity contribution >= 4 is 22.9 Å². The van der Waals surface area contributed by atoms with E-state index in [1.807, 2.05) is 6.07 Å². The summed E-state index contributed by atoms with van der Waals surface area (Å²) < 4.78 is 0.907. The van der Waals surface area contributed by atoms with Gasteiger partial charge in [-0.2, -0.15) is 0 Å². The van der Waals surface area contributed by atoms with Gasteiger partial charge in [0.05, 0.1) is 4.34 Å². The smallest absolute Gasteiger partial charge is 0.0931 e. The van der Waals surface area contributed by atoms with E-state index in [9.17, 15) is 0 Å². The molecular formula is C12H17ClN2S. The quantitative estimate of drug-likeness (QED) is 0.875. The number of rotatable bonds is 2. The topological polar surface area (TPSA) is 15.3 Å². The van der Waals surface area contributed by atoms with E-state index in [1.165, 1.54) is 37.4 Å². The van der Waals surface area contributed by atoms with Crippen LogP contribution in [-0.4, -0.2) is 30.6 Å². The van der Waals surface area contributed by atoms with E-state index in [4.69, 9.17) is 11.6 Å². The van der Waals surface area contributed by atoms with Crippen molar-refractivity contribution in [3.63, 3.8) is 0 Å². The molecule has 0 saturated carbocycles. The zero-order chi connectivity index (χ0) is 11.0. The van der Waals surface area contributed by atoms with Crippen LogP contribution in [0.15, 0.2) is 12.1 Å². The molecule has 16 heavy (non-hydrogen) atoms. The normalized spacial score (nSPS) is 30.6. The van der Waals surface area contributed by atoms with Gasteiger partial charge < -0.3 is 5.32 Å². The van der Waals surface area contributed by atoms with Crippen LogP contribution in [0.5, 0.6) is 0 Å². The summed E-state index contributed by atoms with van der Waals surface area (Å²) in [6, 6.07) is 4.90. The van der Waals surface area contributed by atoms with E-state index < -0.39 is 0 Å². The fourth-order valence-electron chi connectivity index (χ4n) is 2.92. The third-order valence-electron chi connectivity index (χ3n) is 3.68. The van der Waals surface area contributed by atoms with E-state index >= 15 is 0 Å². The van der Waals surface area contributed by atoms with Crippen molar-refractivity contribution in [2.24, 2.45) is 5.92 Å². The Morgan fingerprint density at radius 3 is 3.12 bits per heavy atom. The summed E-state index contributed by atoms with van der Waals surface area (Å²) >= 11 is 7.67. The van der Waals surface area contributed by atoms with Crippen LogP contribution in [0, 0.1) is 5.92 Å². The summed E-state index contributed by atoms with van der Waals surface area (Å²) in [4.78, 5) is 3.96. The van der Waals surface area contributed by atoms with Crippen molar-refractivity contribution in [2.75, 3.05) is 19.6 Å². The fourth-order valence-corrected chi connectivity index (χ4v) is 4.05. The summed E-state index contributed by atoms with van der Waals surface area (Å²) in [6.07, 6.45) is 2.75. The van der Waals surface area contributed by atoms with Crippen LogP contribution in [0.25, 0.3) is 0 Å². The minimum Gasteiger partial charge on any atom is -0.312 e. The molecule has 2 aliphatic rings. The Morgan fingerprint density at radius 1 is 1.44 bits per heavy atom. The standard InChI is InChI=1S/C12H17ClN2S/c13-12-4-3-10(16-12)7-15-6-9-2-1-5-14-11(9)8-15/h3-4,9,11,14H,1-2,5-8H2/t9-,11+/m0/s1. The SMILES string of the molecule is Clc1ccc(CN2C[C@@H]3CCCN[C@@H]3C2)s1. The van der Waals surface area contributed by atoms with Crippen LogP contribution < -0.4 is 5.32 Å². The van der Waals surface area contributed by atoms with Gasteiger partial charge in [-0.15, -0.1) is 11.3 Å². The Hall–Kier alpha value is -0.0900. The van der Waals surface area contributed by atoms with Crippen molar-refractivity contribution in [3.8, 4) is 0 Å². The molecule has 0 amide bonds. The van der Waals surface area contributed by atoms with E-state index in [-0.39, 0.29) is 0 Å². The van der Waals surface area contributed by atoms with E-state index in [1.54, 1.807) is 11.3 Å². The van der Waals surface area contributed by atoms with Gasteiger partial charge in [0.25, 0.3) is 0 Å². The first-order valence-electron chi connectivity index (χ1n) is 6.01. The van der Waals surface area contributed by atoms with Gasteiger partial charge in [0.15, 0.2) is 0 Å². The monoisotopic (exact) mass is 256 g/mol. The molecule has 0 aliphatic carbocycles. The first-order valence-corrected chi connectivity index (χ1v) is 7.20. The highest BCUT2D eigenvalue weighted by atomic mass is 35.5. The lowest BCUT2D eigenvalue weighted by atomic mass is 9.94. The number of nitrogens with one attached hydrogen (secondary N) is 1. The number of thiophene rings is 1. The van der Waals surface area contributed by atoms with Gasteiger partial charge in [0.2, 0.25) is 0 Å². The molecule has 0 bridgehead atoms.